The van der Waals surface area contributed by atoms with E-state index < -0.39 is 6.03 Å². The smallest absolute Gasteiger partial charge is 0.332 e. The molecule has 3 N–H and O–H groups in total. The van der Waals surface area contributed by atoms with Gasteiger partial charge in [-0.15, -0.1) is 0 Å². The highest BCUT2D eigenvalue weighted by atomic mass is 16.2. The third-order valence-electron chi connectivity index (χ3n) is 2.18. The molecule has 0 bridgehead atoms. The number of hydrogen-bond acceptors (Lipinski definition) is 2. The fourth-order valence-electron chi connectivity index (χ4n) is 1.36. The molecule has 0 unspecified atom stereocenters. The first-order valence-corrected chi connectivity index (χ1v) is 5.41. The molecule has 0 radical (unpaired) electrons. The summed E-state index contributed by atoms with van der Waals surface area (Å²) in [5.74, 6) is 0. The van der Waals surface area contributed by atoms with Crippen molar-refractivity contribution < 1.29 is 4.79 Å². The minimum Gasteiger partial charge on any atom is -0.350 e. The normalized spacial score (nSPS) is 11.2. The van der Waals surface area contributed by atoms with Gasteiger partial charge >= 0.3 is 6.03 Å². The quantitative estimate of drug-likeness (QED) is 0.579. The van der Waals surface area contributed by atoms with Gasteiger partial charge in [-0.05, 0) is 18.4 Å². The van der Waals surface area contributed by atoms with Crippen LogP contribution in [0.5, 0.6) is 0 Å². The summed E-state index contributed by atoms with van der Waals surface area (Å²) in [6.45, 7) is 2.12. The molecule has 0 saturated carbocycles. The lowest BCUT2D eigenvalue weighted by atomic mass is 10.1. The minimum atomic E-state index is -0.634. The van der Waals surface area contributed by atoms with Crippen LogP contribution in [0.15, 0.2) is 35.4 Å². The summed E-state index contributed by atoms with van der Waals surface area (Å²) >= 11 is 0. The number of benzene rings is 1. The number of primary amides is 1. The molecular weight excluding hydrogens is 202 g/mol. The van der Waals surface area contributed by atoms with Gasteiger partial charge in [-0.25, -0.2) is 10.2 Å². The second-order valence-corrected chi connectivity index (χ2v) is 3.50. The van der Waals surface area contributed by atoms with Crippen LogP contribution in [0.4, 0.5) is 4.79 Å². The Hall–Kier alpha value is -1.84. The molecule has 4 nitrogen and oxygen atoms in total. The summed E-state index contributed by atoms with van der Waals surface area (Å²) in [5, 5.41) is 4.02. The van der Waals surface area contributed by atoms with Gasteiger partial charge in [0.1, 0.15) is 0 Å². The van der Waals surface area contributed by atoms with E-state index in [1.54, 1.807) is 0 Å². The number of hydrazone groups is 1. The van der Waals surface area contributed by atoms with Gasteiger partial charge in [0.2, 0.25) is 0 Å². The molecule has 0 heterocycles. The van der Waals surface area contributed by atoms with Crippen molar-refractivity contribution >= 4 is 11.7 Å². The second-order valence-electron chi connectivity index (χ2n) is 3.50. The zero-order valence-electron chi connectivity index (χ0n) is 9.44. The van der Waals surface area contributed by atoms with Gasteiger partial charge in [0, 0.05) is 0 Å². The van der Waals surface area contributed by atoms with Crippen LogP contribution in [0.2, 0.25) is 0 Å². The van der Waals surface area contributed by atoms with Crippen LogP contribution >= 0.6 is 0 Å². The monoisotopic (exact) mass is 219 g/mol. The molecule has 1 rings (SSSR count). The van der Waals surface area contributed by atoms with Crippen LogP contribution in [0.1, 0.15) is 31.7 Å². The Balaban J connectivity index is 2.78. The Bertz CT molecular complexity index is 360. The van der Waals surface area contributed by atoms with Gasteiger partial charge in [-0.3, -0.25) is 0 Å². The first-order chi connectivity index (χ1) is 7.74. The first kappa shape index (κ1) is 12.2. The zero-order valence-corrected chi connectivity index (χ0v) is 9.44. The Kier molecular flexibility index (Phi) is 5.05. The third kappa shape index (κ3) is 4.13. The Labute approximate surface area is 95.5 Å². The van der Waals surface area contributed by atoms with Crippen molar-refractivity contribution in [3.8, 4) is 0 Å². The van der Waals surface area contributed by atoms with E-state index in [9.17, 15) is 4.79 Å². The maximum absolute atomic E-state index is 10.6. The van der Waals surface area contributed by atoms with E-state index >= 15 is 0 Å². The number of unbranched alkanes of at least 4 members (excludes halogenated alkanes) is 1. The van der Waals surface area contributed by atoms with Crippen LogP contribution in [0.25, 0.3) is 0 Å². The van der Waals surface area contributed by atoms with E-state index in [4.69, 9.17) is 5.73 Å². The molecular formula is C12H17N3O. The topological polar surface area (TPSA) is 67.5 Å². The number of nitrogens with one attached hydrogen (secondary N) is 1. The van der Waals surface area contributed by atoms with Crippen LogP contribution in [-0.2, 0) is 0 Å². The molecule has 0 aliphatic heterocycles. The number of nitrogens with zero attached hydrogens (tertiary/aromatic N) is 1. The van der Waals surface area contributed by atoms with E-state index in [1.807, 2.05) is 30.3 Å². The molecule has 4 heteroatoms. The SMILES string of the molecule is CCCC/C(=N/NC(N)=O)c1ccccc1. The van der Waals surface area contributed by atoms with Crippen LogP contribution in [0, 0.1) is 0 Å². The number of urea groups is 1. The van der Waals surface area contributed by atoms with Gasteiger partial charge in [0.05, 0.1) is 5.71 Å². The van der Waals surface area contributed by atoms with Crippen molar-refractivity contribution in [2.24, 2.45) is 10.8 Å². The van der Waals surface area contributed by atoms with Gasteiger partial charge in [0.15, 0.2) is 0 Å². The molecule has 0 spiro atoms. The van der Waals surface area contributed by atoms with Gasteiger partial charge in [-0.1, -0.05) is 43.7 Å². The Morgan fingerprint density at radius 2 is 2.06 bits per heavy atom. The number of rotatable bonds is 5. The summed E-state index contributed by atoms with van der Waals surface area (Å²) in [6.07, 6.45) is 2.96. The van der Waals surface area contributed by atoms with Crippen molar-refractivity contribution in [1.29, 1.82) is 0 Å². The van der Waals surface area contributed by atoms with Crippen molar-refractivity contribution in [2.45, 2.75) is 26.2 Å². The van der Waals surface area contributed by atoms with E-state index in [0.717, 1.165) is 30.5 Å². The van der Waals surface area contributed by atoms with Crippen LogP contribution < -0.4 is 11.2 Å². The molecule has 16 heavy (non-hydrogen) atoms. The van der Waals surface area contributed by atoms with E-state index in [0.29, 0.717) is 0 Å². The highest BCUT2D eigenvalue weighted by Gasteiger charge is 2.03. The van der Waals surface area contributed by atoms with E-state index in [1.165, 1.54) is 0 Å². The fraction of sp³-hybridized carbons (Fsp3) is 0.333. The average molecular weight is 219 g/mol. The molecule has 1 aromatic rings. The number of amides is 2. The number of carbonyl (C=O) groups is 1. The van der Waals surface area contributed by atoms with Crippen molar-refractivity contribution in [3.05, 3.63) is 35.9 Å². The lowest BCUT2D eigenvalue weighted by Gasteiger charge is -2.05. The lowest BCUT2D eigenvalue weighted by Crippen LogP contribution is -2.26. The first-order valence-electron chi connectivity index (χ1n) is 5.41. The third-order valence-corrected chi connectivity index (χ3v) is 2.18. The summed E-state index contributed by atoms with van der Waals surface area (Å²) in [7, 11) is 0. The molecule has 0 fully saturated rings. The standard InChI is InChI=1S/C12H17N3O/c1-2-3-9-11(14-15-12(13)16)10-7-5-4-6-8-10/h4-8H,2-3,9H2,1H3,(H3,13,15,16)/b14-11-. The van der Waals surface area contributed by atoms with Gasteiger partial charge in [-0.2, -0.15) is 5.10 Å². The lowest BCUT2D eigenvalue weighted by molar-refractivity contribution is 0.249. The maximum Gasteiger partial charge on any atom is 0.332 e. The van der Waals surface area contributed by atoms with Crippen LogP contribution in [0.3, 0.4) is 0 Å². The van der Waals surface area contributed by atoms with Crippen molar-refractivity contribution in [3.63, 3.8) is 0 Å². The van der Waals surface area contributed by atoms with Gasteiger partial charge in [0.25, 0.3) is 0 Å². The highest BCUT2D eigenvalue weighted by molar-refractivity contribution is 6.00. The number of carbonyl (C=O) groups excluding carboxylic acids is 1. The Morgan fingerprint density at radius 3 is 2.62 bits per heavy atom. The molecule has 0 aliphatic carbocycles. The van der Waals surface area contributed by atoms with Crippen molar-refractivity contribution in [2.75, 3.05) is 0 Å². The predicted octanol–water partition coefficient (Wildman–Crippen LogP) is 2.25. The van der Waals surface area contributed by atoms with E-state index in [2.05, 4.69) is 17.5 Å². The maximum atomic E-state index is 10.6. The molecule has 0 aromatic heterocycles. The summed E-state index contributed by atoms with van der Waals surface area (Å²) in [4.78, 5) is 10.6. The minimum absolute atomic E-state index is 0.634. The second kappa shape index (κ2) is 6.61. The number of nitrogens with two attached hydrogens (primary N) is 1. The van der Waals surface area contributed by atoms with Crippen LogP contribution in [-0.4, -0.2) is 11.7 Å². The summed E-state index contributed by atoms with van der Waals surface area (Å²) < 4.78 is 0. The molecule has 0 aliphatic rings. The zero-order chi connectivity index (χ0) is 11.8. The molecule has 86 valence electrons. The predicted molar refractivity (Wildman–Crippen MR) is 65.2 cm³/mol. The molecule has 1 aromatic carbocycles. The van der Waals surface area contributed by atoms with Gasteiger partial charge < -0.3 is 5.73 Å². The fourth-order valence-corrected chi connectivity index (χ4v) is 1.36. The Morgan fingerprint density at radius 1 is 1.38 bits per heavy atom. The molecule has 0 saturated heterocycles. The van der Waals surface area contributed by atoms with Crippen molar-refractivity contribution in [1.82, 2.24) is 5.43 Å². The molecule has 0 atom stereocenters. The molecule has 2 amide bonds. The van der Waals surface area contributed by atoms with E-state index in [-0.39, 0.29) is 0 Å². The average Bonchev–Trinajstić information content (AvgIpc) is 2.30. The summed E-state index contributed by atoms with van der Waals surface area (Å²) in [5.41, 5.74) is 9.15. The number of hydrogen-bond donors (Lipinski definition) is 2. The largest absolute Gasteiger partial charge is 0.350 e. The highest BCUT2D eigenvalue weighted by Crippen LogP contribution is 2.07. The summed E-state index contributed by atoms with van der Waals surface area (Å²) in [6, 6.07) is 9.14.